The van der Waals surface area contributed by atoms with E-state index in [4.69, 9.17) is 0 Å². The van der Waals surface area contributed by atoms with Crippen LogP contribution in [0.4, 0.5) is 10.1 Å². The largest absolute Gasteiger partial charge is 0.322 e. The highest BCUT2D eigenvalue weighted by Gasteiger charge is 2.10. The third kappa shape index (κ3) is 3.03. The average molecular weight is 295 g/mol. The highest BCUT2D eigenvalue weighted by molar-refractivity contribution is 6.04. The summed E-state index contributed by atoms with van der Waals surface area (Å²) in [6, 6.07) is 13.5. The van der Waals surface area contributed by atoms with E-state index >= 15 is 0 Å². The first-order chi connectivity index (χ1) is 10.6. The minimum Gasteiger partial charge on any atom is -0.322 e. The van der Waals surface area contributed by atoms with Crippen LogP contribution in [-0.4, -0.2) is 15.7 Å². The van der Waals surface area contributed by atoms with E-state index in [1.807, 2.05) is 31.2 Å². The molecule has 1 aromatic heterocycles. The van der Waals surface area contributed by atoms with E-state index in [0.29, 0.717) is 11.3 Å². The van der Waals surface area contributed by atoms with Gasteiger partial charge in [0.25, 0.3) is 5.91 Å². The van der Waals surface area contributed by atoms with Crippen molar-refractivity contribution in [1.82, 2.24) is 9.78 Å². The van der Waals surface area contributed by atoms with Crippen molar-refractivity contribution >= 4 is 11.6 Å². The molecule has 5 heteroatoms. The lowest BCUT2D eigenvalue weighted by atomic mass is 10.2. The van der Waals surface area contributed by atoms with E-state index < -0.39 is 0 Å². The number of hydrogen-bond acceptors (Lipinski definition) is 2. The van der Waals surface area contributed by atoms with Crippen LogP contribution in [0.5, 0.6) is 0 Å². The van der Waals surface area contributed by atoms with Crippen molar-refractivity contribution in [2.45, 2.75) is 6.92 Å². The Balaban J connectivity index is 1.78. The molecule has 3 aromatic rings. The zero-order valence-corrected chi connectivity index (χ0v) is 12.0. The summed E-state index contributed by atoms with van der Waals surface area (Å²) in [7, 11) is 0. The Kier molecular flexibility index (Phi) is 3.70. The molecule has 1 amide bonds. The maximum Gasteiger partial charge on any atom is 0.258 e. The molecule has 1 N–H and O–H groups in total. The van der Waals surface area contributed by atoms with Gasteiger partial charge in [0, 0.05) is 11.9 Å². The van der Waals surface area contributed by atoms with Gasteiger partial charge in [-0.05, 0) is 48.9 Å². The Morgan fingerprint density at radius 1 is 1.18 bits per heavy atom. The molecule has 0 unspecified atom stereocenters. The fourth-order valence-corrected chi connectivity index (χ4v) is 2.10. The quantitative estimate of drug-likeness (QED) is 0.803. The van der Waals surface area contributed by atoms with Gasteiger partial charge in [-0.2, -0.15) is 5.10 Å². The number of amides is 1. The van der Waals surface area contributed by atoms with Gasteiger partial charge < -0.3 is 5.32 Å². The van der Waals surface area contributed by atoms with Crippen LogP contribution >= 0.6 is 0 Å². The zero-order chi connectivity index (χ0) is 15.5. The topological polar surface area (TPSA) is 46.9 Å². The molecule has 1 heterocycles. The van der Waals surface area contributed by atoms with Crippen LogP contribution in [0.25, 0.3) is 5.69 Å². The van der Waals surface area contributed by atoms with Crippen molar-refractivity contribution in [2.24, 2.45) is 0 Å². The number of rotatable bonds is 3. The van der Waals surface area contributed by atoms with Crippen LogP contribution in [0.3, 0.4) is 0 Å². The minimum atomic E-state index is -0.312. The number of anilines is 1. The van der Waals surface area contributed by atoms with Gasteiger partial charge in [-0.15, -0.1) is 0 Å². The number of nitrogens with one attached hydrogen (secondary N) is 1. The Hall–Kier alpha value is -2.95. The molecule has 0 radical (unpaired) electrons. The van der Waals surface area contributed by atoms with E-state index in [1.54, 1.807) is 18.3 Å². The summed E-state index contributed by atoms with van der Waals surface area (Å²) >= 11 is 0. The predicted octanol–water partition coefficient (Wildman–Crippen LogP) is 3.57. The van der Waals surface area contributed by atoms with Gasteiger partial charge in [0.05, 0.1) is 17.4 Å². The Labute approximate surface area is 127 Å². The highest BCUT2D eigenvalue weighted by atomic mass is 19.1. The summed E-state index contributed by atoms with van der Waals surface area (Å²) < 4.78 is 14.4. The molecule has 3 rings (SSSR count). The van der Waals surface area contributed by atoms with Crippen molar-refractivity contribution < 1.29 is 9.18 Å². The molecule has 2 aromatic carbocycles. The van der Waals surface area contributed by atoms with Gasteiger partial charge in [0.1, 0.15) is 5.82 Å². The third-order valence-corrected chi connectivity index (χ3v) is 3.21. The number of aryl methyl sites for hydroxylation is 1. The molecule has 4 nitrogen and oxygen atoms in total. The number of halogens is 1. The van der Waals surface area contributed by atoms with Crippen molar-refractivity contribution in [3.05, 3.63) is 77.9 Å². The SMILES string of the molecule is Cc1cccc(NC(=O)c2cnn(-c3ccc(F)cc3)c2)c1. The summed E-state index contributed by atoms with van der Waals surface area (Å²) in [6.45, 7) is 1.96. The van der Waals surface area contributed by atoms with E-state index in [9.17, 15) is 9.18 Å². The third-order valence-electron chi connectivity index (χ3n) is 3.21. The van der Waals surface area contributed by atoms with Crippen LogP contribution in [-0.2, 0) is 0 Å². The highest BCUT2D eigenvalue weighted by Crippen LogP contribution is 2.13. The maximum atomic E-state index is 12.9. The van der Waals surface area contributed by atoms with Crippen molar-refractivity contribution in [1.29, 1.82) is 0 Å². The second-order valence-electron chi connectivity index (χ2n) is 4.97. The number of carbonyl (C=O) groups is 1. The number of benzene rings is 2. The molecule has 0 atom stereocenters. The molecule has 0 aliphatic carbocycles. The number of carbonyl (C=O) groups excluding carboxylic acids is 1. The molecule has 22 heavy (non-hydrogen) atoms. The molecular formula is C17H14FN3O. The normalized spacial score (nSPS) is 10.5. The van der Waals surface area contributed by atoms with Crippen molar-refractivity contribution in [3.63, 3.8) is 0 Å². The lowest BCUT2D eigenvalue weighted by molar-refractivity contribution is 0.102. The van der Waals surface area contributed by atoms with Crippen LogP contribution in [0, 0.1) is 12.7 Å². The smallest absolute Gasteiger partial charge is 0.258 e. The van der Waals surface area contributed by atoms with E-state index in [-0.39, 0.29) is 11.7 Å². The van der Waals surface area contributed by atoms with Crippen LogP contribution in [0.15, 0.2) is 60.9 Å². The predicted molar refractivity (Wildman–Crippen MR) is 82.7 cm³/mol. The fourth-order valence-electron chi connectivity index (χ4n) is 2.10. The van der Waals surface area contributed by atoms with Gasteiger partial charge in [-0.3, -0.25) is 4.79 Å². The monoisotopic (exact) mass is 295 g/mol. The first-order valence-electron chi connectivity index (χ1n) is 6.80. The van der Waals surface area contributed by atoms with E-state index in [0.717, 1.165) is 11.3 Å². The first-order valence-corrected chi connectivity index (χ1v) is 6.80. The van der Waals surface area contributed by atoms with Crippen LogP contribution in [0.1, 0.15) is 15.9 Å². The van der Waals surface area contributed by atoms with Gasteiger partial charge >= 0.3 is 0 Å². The van der Waals surface area contributed by atoms with Crippen LogP contribution in [0.2, 0.25) is 0 Å². The average Bonchev–Trinajstić information content (AvgIpc) is 2.98. The zero-order valence-electron chi connectivity index (χ0n) is 12.0. The molecule has 0 saturated carbocycles. The molecule has 110 valence electrons. The summed E-state index contributed by atoms with van der Waals surface area (Å²) in [4.78, 5) is 12.2. The summed E-state index contributed by atoms with van der Waals surface area (Å²) in [6.07, 6.45) is 3.09. The molecule has 0 bridgehead atoms. The van der Waals surface area contributed by atoms with Crippen molar-refractivity contribution in [2.75, 3.05) is 5.32 Å². The molecule has 0 saturated heterocycles. The van der Waals surface area contributed by atoms with Crippen LogP contribution < -0.4 is 5.32 Å². The Bertz CT molecular complexity index is 809. The number of nitrogens with zero attached hydrogens (tertiary/aromatic N) is 2. The second kappa shape index (κ2) is 5.81. The van der Waals surface area contributed by atoms with Gasteiger partial charge in [-0.1, -0.05) is 12.1 Å². The number of hydrogen-bond donors (Lipinski definition) is 1. The molecule has 0 fully saturated rings. The minimum absolute atomic E-state index is 0.237. The molecule has 0 aliphatic rings. The van der Waals surface area contributed by atoms with Gasteiger partial charge in [-0.25, -0.2) is 9.07 Å². The summed E-state index contributed by atoms with van der Waals surface area (Å²) in [5.41, 5.74) is 2.93. The van der Waals surface area contributed by atoms with Gasteiger partial charge in [0.2, 0.25) is 0 Å². The van der Waals surface area contributed by atoms with E-state index in [2.05, 4.69) is 10.4 Å². The number of aromatic nitrogens is 2. The van der Waals surface area contributed by atoms with E-state index in [1.165, 1.54) is 23.0 Å². The first kappa shape index (κ1) is 14.0. The second-order valence-corrected chi connectivity index (χ2v) is 4.97. The molecule has 0 spiro atoms. The van der Waals surface area contributed by atoms with Gasteiger partial charge in [0.15, 0.2) is 0 Å². The molecule has 0 aliphatic heterocycles. The standard InChI is InChI=1S/C17H14FN3O/c1-12-3-2-4-15(9-12)20-17(22)13-10-19-21(11-13)16-7-5-14(18)6-8-16/h2-11H,1H3,(H,20,22). The fraction of sp³-hybridized carbons (Fsp3) is 0.0588. The summed E-state index contributed by atoms with van der Waals surface area (Å²) in [5, 5.41) is 6.95. The Morgan fingerprint density at radius 3 is 2.68 bits per heavy atom. The lowest BCUT2D eigenvalue weighted by Crippen LogP contribution is -2.11. The van der Waals surface area contributed by atoms with Crippen molar-refractivity contribution in [3.8, 4) is 5.69 Å². The lowest BCUT2D eigenvalue weighted by Gasteiger charge is -2.04. The Morgan fingerprint density at radius 2 is 1.95 bits per heavy atom. The summed E-state index contributed by atoms with van der Waals surface area (Å²) in [5.74, 6) is -0.549. The maximum absolute atomic E-state index is 12.9. The molecular weight excluding hydrogens is 281 g/mol.